The summed E-state index contributed by atoms with van der Waals surface area (Å²) in [6.07, 6.45) is 11.9. The van der Waals surface area contributed by atoms with Gasteiger partial charge in [0, 0.05) is 42.2 Å². The van der Waals surface area contributed by atoms with Gasteiger partial charge in [-0.25, -0.2) is 4.79 Å². The van der Waals surface area contributed by atoms with Crippen molar-refractivity contribution in [3.63, 3.8) is 0 Å². The van der Waals surface area contributed by atoms with Crippen LogP contribution in [0.4, 0.5) is 0 Å². The number of hydrogen-bond donors (Lipinski definition) is 1. The van der Waals surface area contributed by atoms with Gasteiger partial charge in [-0.2, -0.15) is 0 Å². The van der Waals surface area contributed by atoms with Crippen molar-refractivity contribution in [1.29, 1.82) is 0 Å². The molecule has 6 nitrogen and oxygen atoms in total. The third kappa shape index (κ3) is 12.3. The van der Waals surface area contributed by atoms with Crippen LogP contribution in [0.25, 0.3) is 17.0 Å². The Morgan fingerprint density at radius 2 is 1.64 bits per heavy atom. The molecular weight excluding hydrogens is 605 g/mol. The van der Waals surface area contributed by atoms with Crippen molar-refractivity contribution in [3.05, 3.63) is 76.2 Å². The number of benzene rings is 1. The Kier molecular flexibility index (Phi) is 16.1. The lowest BCUT2D eigenvalue weighted by Crippen LogP contribution is -2.49. The average Bonchev–Trinajstić information content (AvgIpc) is 2.99. The molecule has 0 fully saturated rings. The van der Waals surface area contributed by atoms with E-state index in [2.05, 4.69) is 113 Å². The first-order valence-electron chi connectivity index (χ1n) is 17.4. The summed E-state index contributed by atoms with van der Waals surface area (Å²) >= 11 is 0. The molecule has 1 heterocycles. The molecular formula is C40H64O6Si. The van der Waals surface area contributed by atoms with E-state index in [4.69, 9.17) is 18.3 Å². The largest absolute Gasteiger partial charge is 0.423 e. The number of rotatable bonds is 18. The third-order valence-electron chi connectivity index (χ3n) is 9.91. The number of ether oxygens (including phenoxy) is 2. The molecule has 2 rings (SSSR count). The fourth-order valence-electron chi connectivity index (χ4n) is 6.11. The van der Waals surface area contributed by atoms with Crippen LogP contribution >= 0.6 is 0 Å². The van der Waals surface area contributed by atoms with E-state index >= 15 is 0 Å². The molecule has 1 aromatic heterocycles. The van der Waals surface area contributed by atoms with Crippen LogP contribution in [0.3, 0.4) is 0 Å². The molecule has 0 saturated heterocycles. The smallest absolute Gasteiger partial charge is 0.336 e. The lowest BCUT2D eigenvalue weighted by Gasteiger charge is -2.44. The minimum absolute atomic E-state index is 0.0214. The first kappa shape index (κ1) is 40.9. The molecule has 0 radical (unpaired) electrons. The first-order valence-corrected chi connectivity index (χ1v) is 20.3. The summed E-state index contributed by atoms with van der Waals surface area (Å²) in [4.78, 5) is 11.7. The van der Waals surface area contributed by atoms with Gasteiger partial charge in [0.1, 0.15) is 12.4 Å². The van der Waals surface area contributed by atoms with Gasteiger partial charge < -0.3 is 23.4 Å². The molecule has 0 amide bonds. The van der Waals surface area contributed by atoms with Gasteiger partial charge in [0.15, 0.2) is 8.32 Å². The van der Waals surface area contributed by atoms with Crippen LogP contribution in [0.5, 0.6) is 0 Å². The Balaban J connectivity index is 2.29. The second-order valence-electron chi connectivity index (χ2n) is 15.2. The molecule has 8 atom stereocenters. The topological polar surface area (TPSA) is 78.1 Å². The highest BCUT2D eigenvalue weighted by Crippen LogP contribution is 2.41. The number of aliphatic hydroxyl groups excluding tert-OH is 1. The second-order valence-corrected chi connectivity index (χ2v) is 20.0. The summed E-state index contributed by atoms with van der Waals surface area (Å²) < 4.78 is 24.0. The molecule has 264 valence electrons. The Labute approximate surface area is 286 Å². The summed E-state index contributed by atoms with van der Waals surface area (Å²) in [6.45, 7) is 26.8. The second kappa shape index (κ2) is 18.5. The van der Waals surface area contributed by atoms with Crippen molar-refractivity contribution in [1.82, 2.24) is 0 Å². The summed E-state index contributed by atoms with van der Waals surface area (Å²) in [5, 5.41) is 12.4. The van der Waals surface area contributed by atoms with Gasteiger partial charge in [0.25, 0.3) is 0 Å². The lowest BCUT2D eigenvalue weighted by atomic mass is 9.81. The van der Waals surface area contributed by atoms with Crippen LogP contribution in [0.15, 0.2) is 69.4 Å². The molecule has 7 heteroatoms. The fourth-order valence-corrected chi connectivity index (χ4v) is 7.60. The highest BCUT2D eigenvalue weighted by Gasteiger charge is 2.43. The van der Waals surface area contributed by atoms with E-state index in [1.807, 2.05) is 18.2 Å². The number of hydrogen-bond acceptors (Lipinski definition) is 6. The van der Waals surface area contributed by atoms with Gasteiger partial charge in [-0.1, -0.05) is 110 Å². The Hall–Kier alpha value is -2.29. The minimum atomic E-state index is -2.10. The zero-order chi connectivity index (χ0) is 35.5. The standard InChI is InChI=1S/C40H64O6Si/c1-14-15-16-28(3)37(42)32(7)39(46-47(12,13)40(8,9)10)31(6)24-27(2)23-30(5)38(44-26-43-11)29(4)17-18-33-19-20-34-21-22-36(41)45-35(34)25-33/h15-23,25,28-32,37-39,42H,14,24,26H2,1-13H3/t28?,29?,30-,31-,32+,37-,38-,39+/m0/s1. The van der Waals surface area contributed by atoms with Crippen LogP contribution in [-0.4, -0.2) is 45.6 Å². The molecule has 1 N–H and O–H groups in total. The maximum Gasteiger partial charge on any atom is 0.336 e. The number of methoxy groups -OCH3 is 1. The maximum absolute atomic E-state index is 11.7. The van der Waals surface area contributed by atoms with E-state index in [-0.39, 0.29) is 59.3 Å². The number of allylic oxidation sites excluding steroid dienone is 2. The Morgan fingerprint density at radius 1 is 0.979 bits per heavy atom. The Morgan fingerprint density at radius 3 is 2.26 bits per heavy atom. The first-order chi connectivity index (χ1) is 21.9. The van der Waals surface area contributed by atoms with E-state index in [0.29, 0.717) is 5.58 Å². The molecule has 0 aliphatic carbocycles. The van der Waals surface area contributed by atoms with Crippen molar-refractivity contribution in [2.45, 2.75) is 119 Å². The molecule has 0 saturated carbocycles. The van der Waals surface area contributed by atoms with Gasteiger partial charge >= 0.3 is 5.63 Å². The molecule has 0 aliphatic heterocycles. The van der Waals surface area contributed by atoms with Gasteiger partial charge in [-0.15, -0.1) is 0 Å². The molecule has 0 aliphatic rings. The quantitative estimate of drug-likeness (QED) is 0.0737. The molecule has 1 aromatic carbocycles. The molecule has 0 bridgehead atoms. The fraction of sp³-hybridized carbons (Fsp3) is 0.625. The zero-order valence-electron chi connectivity index (χ0n) is 31.5. The van der Waals surface area contributed by atoms with E-state index in [1.54, 1.807) is 13.2 Å². The third-order valence-corrected chi connectivity index (χ3v) is 14.4. The van der Waals surface area contributed by atoms with Gasteiger partial charge in [0.2, 0.25) is 0 Å². The minimum Gasteiger partial charge on any atom is -0.423 e. The summed E-state index contributed by atoms with van der Waals surface area (Å²) in [5.74, 6) is 0.451. The SMILES string of the molecule is CCC=CC(C)[C@H](O)[C@@H](C)[C@H](O[Si](C)(C)C(C)(C)C)[C@@H](C)CC(C)=C[C@H](C)[C@@H](OCOC)C(C)C=Cc1ccc2ccc(=O)oc2c1. The Bertz CT molecular complexity index is 1380. The zero-order valence-corrected chi connectivity index (χ0v) is 32.5. The van der Waals surface area contributed by atoms with Crippen molar-refractivity contribution in [2.75, 3.05) is 13.9 Å². The van der Waals surface area contributed by atoms with E-state index in [9.17, 15) is 9.90 Å². The summed E-state index contributed by atoms with van der Waals surface area (Å²) in [6, 6.07) is 9.09. The van der Waals surface area contributed by atoms with Crippen LogP contribution in [-0.2, 0) is 13.9 Å². The van der Waals surface area contributed by atoms with Crippen molar-refractivity contribution < 1.29 is 23.4 Å². The summed E-state index contributed by atoms with van der Waals surface area (Å²) in [5.41, 5.74) is 2.46. The van der Waals surface area contributed by atoms with E-state index in [1.165, 1.54) is 11.6 Å². The van der Waals surface area contributed by atoms with Crippen molar-refractivity contribution in [3.8, 4) is 0 Å². The average molecular weight is 669 g/mol. The number of aliphatic hydroxyl groups is 1. The van der Waals surface area contributed by atoms with Gasteiger partial charge in [-0.3, -0.25) is 0 Å². The molecule has 47 heavy (non-hydrogen) atoms. The van der Waals surface area contributed by atoms with Gasteiger partial charge in [-0.05, 0) is 61.5 Å². The molecule has 2 unspecified atom stereocenters. The molecule has 2 aromatic rings. The van der Waals surface area contributed by atoms with Crippen LogP contribution in [0.2, 0.25) is 18.1 Å². The van der Waals surface area contributed by atoms with Crippen LogP contribution in [0.1, 0.15) is 87.6 Å². The summed E-state index contributed by atoms with van der Waals surface area (Å²) in [7, 11) is -0.454. The highest BCUT2D eigenvalue weighted by molar-refractivity contribution is 6.74. The maximum atomic E-state index is 11.7. The van der Waals surface area contributed by atoms with Gasteiger partial charge in [0.05, 0.1) is 18.3 Å². The normalized spacial score (nSPS) is 18.7. The predicted octanol–water partition coefficient (Wildman–Crippen LogP) is 10.0. The lowest BCUT2D eigenvalue weighted by molar-refractivity contribution is -0.0947. The monoisotopic (exact) mass is 668 g/mol. The van der Waals surface area contributed by atoms with E-state index < -0.39 is 14.4 Å². The van der Waals surface area contributed by atoms with E-state index in [0.717, 1.165) is 23.8 Å². The van der Waals surface area contributed by atoms with Crippen LogP contribution < -0.4 is 5.63 Å². The highest BCUT2D eigenvalue weighted by atomic mass is 28.4. The van der Waals surface area contributed by atoms with Crippen molar-refractivity contribution >= 4 is 25.4 Å². The van der Waals surface area contributed by atoms with Crippen LogP contribution in [0, 0.1) is 29.6 Å². The number of fused-ring (bicyclic) bond motifs is 1. The van der Waals surface area contributed by atoms with Crippen molar-refractivity contribution in [2.24, 2.45) is 29.6 Å². The predicted molar refractivity (Wildman–Crippen MR) is 200 cm³/mol. The molecule has 0 spiro atoms.